The number of hydrogen-bond donors (Lipinski definition) is 2. The van der Waals surface area contributed by atoms with Crippen molar-refractivity contribution in [3.05, 3.63) is 28.8 Å². The van der Waals surface area contributed by atoms with Crippen molar-refractivity contribution in [3.8, 4) is 0 Å². The largest absolute Gasteiger partial charge is 0.396 e. The number of nitrogens with one attached hydrogen (secondary N) is 1. The monoisotopic (exact) mass is 267 g/mol. The van der Waals surface area contributed by atoms with Gasteiger partial charge in [0.2, 0.25) is 0 Å². The van der Waals surface area contributed by atoms with E-state index in [0.717, 1.165) is 36.6 Å². The highest BCUT2D eigenvalue weighted by molar-refractivity contribution is 6.30. The number of fused-ring (bicyclic) bond motifs is 3. The fourth-order valence-corrected chi connectivity index (χ4v) is 3.32. The molecule has 1 aromatic carbocycles. The Morgan fingerprint density at radius 1 is 1.44 bits per heavy atom. The molecule has 3 rings (SSSR count). The van der Waals surface area contributed by atoms with E-state index in [4.69, 9.17) is 21.4 Å². The van der Waals surface area contributed by atoms with Crippen LogP contribution in [0.5, 0.6) is 0 Å². The molecule has 1 aromatic rings. The number of aliphatic hydroxyl groups is 1. The quantitative estimate of drug-likeness (QED) is 0.885. The van der Waals surface area contributed by atoms with E-state index in [1.54, 1.807) is 0 Å². The number of halogens is 1. The second-order valence-corrected chi connectivity index (χ2v) is 5.53. The number of ether oxygens (including phenoxy) is 1. The summed E-state index contributed by atoms with van der Waals surface area (Å²) in [7, 11) is 0. The van der Waals surface area contributed by atoms with Gasteiger partial charge in [-0.25, -0.2) is 0 Å². The highest BCUT2D eigenvalue weighted by Crippen LogP contribution is 2.46. The molecule has 3 nitrogen and oxygen atoms in total. The van der Waals surface area contributed by atoms with Gasteiger partial charge in [-0.05, 0) is 37.5 Å². The molecule has 0 amide bonds. The first-order valence-electron chi connectivity index (χ1n) is 6.58. The number of benzene rings is 1. The molecule has 4 heteroatoms. The molecule has 0 aromatic heterocycles. The van der Waals surface area contributed by atoms with Gasteiger partial charge in [-0.2, -0.15) is 0 Å². The predicted octanol–water partition coefficient (Wildman–Crippen LogP) is 2.98. The van der Waals surface area contributed by atoms with Gasteiger partial charge in [0, 0.05) is 41.4 Å². The normalized spacial score (nSPS) is 29.6. The highest BCUT2D eigenvalue weighted by atomic mass is 35.5. The Morgan fingerprint density at radius 2 is 2.33 bits per heavy atom. The Morgan fingerprint density at radius 3 is 3.17 bits per heavy atom. The SMILES string of the molecule is OCCC[C@H]1Nc2ccc(Cl)cc2[C@H]2OCC[C@H]21. The van der Waals surface area contributed by atoms with Gasteiger partial charge in [0.15, 0.2) is 0 Å². The molecule has 0 radical (unpaired) electrons. The van der Waals surface area contributed by atoms with Crippen LogP contribution in [0.2, 0.25) is 5.02 Å². The third kappa shape index (κ3) is 2.11. The molecule has 3 atom stereocenters. The molecule has 0 saturated carbocycles. The maximum Gasteiger partial charge on any atom is 0.0893 e. The van der Waals surface area contributed by atoms with Gasteiger partial charge in [-0.3, -0.25) is 0 Å². The number of rotatable bonds is 3. The van der Waals surface area contributed by atoms with Crippen LogP contribution >= 0.6 is 11.6 Å². The predicted molar refractivity (Wildman–Crippen MR) is 72.0 cm³/mol. The van der Waals surface area contributed by atoms with E-state index >= 15 is 0 Å². The molecule has 0 bridgehead atoms. The van der Waals surface area contributed by atoms with Crippen LogP contribution in [0.15, 0.2) is 18.2 Å². The maximum atomic E-state index is 8.99. The van der Waals surface area contributed by atoms with Crippen LogP contribution in [0.3, 0.4) is 0 Å². The van der Waals surface area contributed by atoms with Crippen LogP contribution < -0.4 is 5.32 Å². The lowest BCUT2D eigenvalue weighted by Gasteiger charge is -2.36. The second-order valence-electron chi connectivity index (χ2n) is 5.09. The van der Waals surface area contributed by atoms with Gasteiger partial charge < -0.3 is 15.2 Å². The van der Waals surface area contributed by atoms with Crippen molar-refractivity contribution in [1.29, 1.82) is 0 Å². The first-order valence-corrected chi connectivity index (χ1v) is 6.96. The summed E-state index contributed by atoms with van der Waals surface area (Å²) >= 11 is 6.07. The molecule has 0 spiro atoms. The molecular weight excluding hydrogens is 250 g/mol. The van der Waals surface area contributed by atoms with Crippen LogP contribution in [0.4, 0.5) is 5.69 Å². The Bertz CT molecular complexity index is 438. The molecule has 1 saturated heterocycles. The third-order valence-corrected chi connectivity index (χ3v) is 4.22. The van der Waals surface area contributed by atoms with Gasteiger partial charge in [0.1, 0.15) is 0 Å². The molecule has 2 aliphatic rings. The molecule has 98 valence electrons. The van der Waals surface area contributed by atoms with E-state index in [1.165, 1.54) is 5.56 Å². The van der Waals surface area contributed by atoms with Gasteiger partial charge in [-0.1, -0.05) is 11.6 Å². The van der Waals surface area contributed by atoms with Crippen LogP contribution in [0.1, 0.15) is 30.9 Å². The third-order valence-electron chi connectivity index (χ3n) is 3.99. The molecule has 1 fully saturated rings. The lowest BCUT2D eigenvalue weighted by Crippen LogP contribution is -2.36. The van der Waals surface area contributed by atoms with Crippen LogP contribution in [0.25, 0.3) is 0 Å². The topological polar surface area (TPSA) is 41.5 Å². The van der Waals surface area contributed by atoms with E-state index in [0.29, 0.717) is 12.0 Å². The summed E-state index contributed by atoms with van der Waals surface area (Å²) in [6.45, 7) is 1.07. The molecule has 2 aliphatic heterocycles. The number of hydrogen-bond acceptors (Lipinski definition) is 3. The Balaban J connectivity index is 1.89. The van der Waals surface area contributed by atoms with Crippen molar-refractivity contribution in [2.75, 3.05) is 18.5 Å². The van der Waals surface area contributed by atoms with Crippen molar-refractivity contribution >= 4 is 17.3 Å². The Labute approximate surface area is 112 Å². The zero-order valence-corrected chi connectivity index (χ0v) is 11.0. The van der Waals surface area contributed by atoms with Crippen molar-refractivity contribution in [2.24, 2.45) is 5.92 Å². The summed E-state index contributed by atoms with van der Waals surface area (Å²) in [6.07, 6.45) is 3.08. The standard InChI is InChI=1S/C14H18ClNO2/c15-9-3-4-13-11(8-9)14-10(5-7-18-14)12(16-13)2-1-6-17/h3-4,8,10,12,14,16-17H,1-2,5-7H2/t10-,12+,14-/m0/s1. The summed E-state index contributed by atoms with van der Waals surface area (Å²) in [5.74, 6) is 0.502. The lowest BCUT2D eigenvalue weighted by molar-refractivity contribution is 0.0813. The maximum absolute atomic E-state index is 8.99. The summed E-state index contributed by atoms with van der Waals surface area (Å²) in [5, 5.41) is 13.3. The Hall–Kier alpha value is -0.770. The van der Waals surface area contributed by atoms with Crippen LogP contribution in [-0.4, -0.2) is 24.4 Å². The summed E-state index contributed by atoms with van der Waals surface area (Å²) in [4.78, 5) is 0. The van der Waals surface area contributed by atoms with E-state index < -0.39 is 0 Å². The molecule has 0 aliphatic carbocycles. The second kappa shape index (κ2) is 5.08. The van der Waals surface area contributed by atoms with Gasteiger partial charge in [0.05, 0.1) is 6.10 Å². The Kier molecular flexibility index (Phi) is 3.46. The highest BCUT2D eigenvalue weighted by Gasteiger charge is 2.40. The molecular formula is C14H18ClNO2. The van der Waals surface area contributed by atoms with Gasteiger partial charge in [0.25, 0.3) is 0 Å². The fourth-order valence-electron chi connectivity index (χ4n) is 3.14. The van der Waals surface area contributed by atoms with Crippen LogP contribution in [0, 0.1) is 5.92 Å². The number of anilines is 1. The fraction of sp³-hybridized carbons (Fsp3) is 0.571. The molecule has 2 N–H and O–H groups in total. The van der Waals surface area contributed by atoms with E-state index in [2.05, 4.69) is 5.32 Å². The van der Waals surface area contributed by atoms with Crippen LogP contribution in [-0.2, 0) is 4.74 Å². The smallest absolute Gasteiger partial charge is 0.0893 e. The minimum Gasteiger partial charge on any atom is -0.396 e. The lowest BCUT2D eigenvalue weighted by atomic mass is 9.82. The average molecular weight is 268 g/mol. The summed E-state index contributed by atoms with van der Waals surface area (Å²) in [5.41, 5.74) is 2.32. The zero-order valence-electron chi connectivity index (χ0n) is 10.2. The molecule has 18 heavy (non-hydrogen) atoms. The van der Waals surface area contributed by atoms with Gasteiger partial charge in [-0.15, -0.1) is 0 Å². The van der Waals surface area contributed by atoms with Crippen molar-refractivity contribution in [2.45, 2.75) is 31.4 Å². The first-order chi connectivity index (χ1) is 8.79. The van der Waals surface area contributed by atoms with Crippen molar-refractivity contribution < 1.29 is 9.84 Å². The van der Waals surface area contributed by atoms with E-state index in [1.807, 2.05) is 18.2 Å². The van der Waals surface area contributed by atoms with E-state index in [9.17, 15) is 0 Å². The summed E-state index contributed by atoms with van der Waals surface area (Å²) in [6, 6.07) is 6.35. The zero-order chi connectivity index (χ0) is 12.5. The minimum atomic E-state index is 0.170. The average Bonchev–Trinajstić information content (AvgIpc) is 2.86. The molecule has 2 heterocycles. The first kappa shape index (κ1) is 12.3. The minimum absolute atomic E-state index is 0.170. The number of aliphatic hydroxyl groups excluding tert-OH is 1. The van der Waals surface area contributed by atoms with E-state index in [-0.39, 0.29) is 12.7 Å². The van der Waals surface area contributed by atoms with Crippen molar-refractivity contribution in [3.63, 3.8) is 0 Å². The van der Waals surface area contributed by atoms with Crippen molar-refractivity contribution in [1.82, 2.24) is 0 Å². The summed E-state index contributed by atoms with van der Waals surface area (Å²) < 4.78 is 5.89. The van der Waals surface area contributed by atoms with Gasteiger partial charge >= 0.3 is 0 Å². The molecule has 0 unspecified atom stereocenters.